The summed E-state index contributed by atoms with van der Waals surface area (Å²) < 4.78 is 1.54. The quantitative estimate of drug-likeness (QED) is 0.673. The normalized spacial score (nSPS) is 12.9. The molecule has 5 heteroatoms. The third-order valence-corrected chi connectivity index (χ3v) is 2.75. The number of aliphatic hydroxyl groups is 1. The lowest BCUT2D eigenvalue weighted by Gasteiger charge is -2.12. The van der Waals surface area contributed by atoms with Crippen molar-refractivity contribution in [3.8, 4) is 0 Å². The summed E-state index contributed by atoms with van der Waals surface area (Å²) in [4.78, 5) is 11.0. The Kier molecular flexibility index (Phi) is 3.16. The number of carbonyl (C=O) groups is 1. The van der Waals surface area contributed by atoms with Crippen LogP contribution < -0.4 is 5.73 Å². The highest BCUT2D eigenvalue weighted by atomic mass is 16.4. The molecule has 1 unspecified atom stereocenters. The van der Waals surface area contributed by atoms with Crippen LogP contribution >= 0.6 is 0 Å². The van der Waals surface area contributed by atoms with E-state index < -0.39 is 12.0 Å². The highest BCUT2D eigenvalue weighted by Gasteiger charge is 2.22. The first-order valence-corrected chi connectivity index (χ1v) is 4.67. The number of aromatic nitrogens is 1. The lowest BCUT2D eigenvalue weighted by molar-refractivity contribution is 0.0685. The van der Waals surface area contributed by atoms with Crippen LogP contribution in [0.15, 0.2) is 0 Å². The van der Waals surface area contributed by atoms with Crippen LogP contribution in [0.1, 0.15) is 33.4 Å². The Bertz CT molecular complexity index is 396. The number of aliphatic hydroxyl groups excluding tert-OH is 1. The van der Waals surface area contributed by atoms with Crippen LogP contribution in [0.25, 0.3) is 0 Å². The predicted molar refractivity (Wildman–Crippen MR) is 55.9 cm³/mol. The molecule has 1 rings (SSSR count). The van der Waals surface area contributed by atoms with E-state index in [1.807, 2.05) is 6.92 Å². The number of hydrogen-bond acceptors (Lipinski definition) is 3. The molecule has 84 valence electrons. The van der Waals surface area contributed by atoms with Crippen molar-refractivity contribution in [3.63, 3.8) is 0 Å². The zero-order chi connectivity index (χ0) is 11.7. The van der Waals surface area contributed by atoms with E-state index in [4.69, 9.17) is 15.9 Å². The molecule has 0 aliphatic carbocycles. The minimum absolute atomic E-state index is 0.197. The third kappa shape index (κ3) is 1.75. The Labute approximate surface area is 88.1 Å². The maximum absolute atomic E-state index is 11.0. The molecule has 0 spiro atoms. The SMILES string of the molecule is Cc1c(C)c(C(N)CO)n(C)c1C(=O)O. The molecular formula is C10H16N2O3. The number of hydrogen-bond donors (Lipinski definition) is 3. The van der Waals surface area contributed by atoms with Crippen LogP contribution in [0.4, 0.5) is 0 Å². The summed E-state index contributed by atoms with van der Waals surface area (Å²) in [6.07, 6.45) is 0. The molecule has 0 bridgehead atoms. The lowest BCUT2D eigenvalue weighted by atomic mass is 10.1. The molecule has 0 aliphatic rings. The van der Waals surface area contributed by atoms with Crippen LogP contribution in [0.2, 0.25) is 0 Å². The fourth-order valence-corrected chi connectivity index (χ4v) is 1.91. The van der Waals surface area contributed by atoms with Gasteiger partial charge in [-0.05, 0) is 25.0 Å². The smallest absolute Gasteiger partial charge is 0.352 e. The standard InChI is InChI=1S/C10H16N2O3/c1-5-6(2)9(10(14)15)12(3)8(5)7(11)4-13/h7,13H,4,11H2,1-3H3,(H,14,15). The second-order valence-electron chi connectivity index (χ2n) is 3.64. The zero-order valence-electron chi connectivity index (χ0n) is 9.11. The molecule has 1 atom stereocenters. The average Bonchev–Trinajstić information content (AvgIpc) is 2.37. The van der Waals surface area contributed by atoms with Gasteiger partial charge in [0.2, 0.25) is 0 Å². The number of carboxylic acid groups (broad SMARTS) is 1. The van der Waals surface area contributed by atoms with Crippen molar-refractivity contribution in [1.29, 1.82) is 0 Å². The van der Waals surface area contributed by atoms with Gasteiger partial charge in [-0.15, -0.1) is 0 Å². The van der Waals surface area contributed by atoms with Gasteiger partial charge in [0.15, 0.2) is 0 Å². The molecule has 0 saturated carbocycles. The van der Waals surface area contributed by atoms with E-state index in [-0.39, 0.29) is 12.3 Å². The van der Waals surface area contributed by atoms with E-state index in [1.54, 1.807) is 14.0 Å². The Balaban J connectivity index is 3.42. The van der Waals surface area contributed by atoms with Crippen LogP contribution in [0.3, 0.4) is 0 Å². The summed E-state index contributed by atoms with van der Waals surface area (Å²) >= 11 is 0. The molecule has 0 radical (unpaired) electrons. The van der Waals surface area contributed by atoms with Crippen molar-refractivity contribution in [2.24, 2.45) is 12.8 Å². The van der Waals surface area contributed by atoms with Crippen molar-refractivity contribution in [2.45, 2.75) is 19.9 Å². The van der Waals surface area contributed by atoms with Gasteiger partial charge in [0.05, 0.1) is 12.6 Å². The Morgan fingerprint density at radius 2 is 2.00 bits per heavy atom. The predicted octanol–water partition coefficient (Wildman–Crippen LogP) is 0.332. The maximum Gasteiger partial charge on any atom is 0.352 e. The average molecular weight is 212 g/mol. The number of rotatable bonds is 3. The van der Waals surface area contributed by atoms with E-state index in [1.165, 1.54) is 4.57 Å². The van der Waals surface area contributed by atoms with Gasteiger partial charge in [0.25, 0.3) is 0 Å². The van der Waals surface area contributed by atoms with E-state index in [0.717, 1.165) is 5.56 Å². The largest absolute Gasteiger partial charge is 0.477 e. The van der Waals surface area contributed by atoms with Crippen molar-refractivity contribution >= 4 is 5.97 Å². The lowest BCUT2D eigenvalue weighted by Crippen LogP contribution is -2.20. The molecular weight excluding hydrogens is 196 g/mol. The molecule has 0 saturated heterocycles. The molecule has 0 aliphatic heterocycles. The summed E-state index contributed by atoms with van der Waals surface area (Å²) in [6, 6.07) is -0.540. The molecule has 0 aromatic carbocycles. The molecule has 1 aromatic rings. The second-order valence-corrected chi connectivity index (χ2v) is 3.64. The fourth-order valence-electron chi connectivity index (χ4n) is 1.91. The second kappa shape index (κ2) is 4.04. The van der Waals surface area contributed by atoms with Crippen LogP contribution in [-0.2, 0) is 7.05 Å². The van der Waals surface area contributed by atoms with Gasteiger partial charge in [-0.25, -0.2) is 4.79 Å². The van der Waals surface area contributed by atoms with Crippen molar-refractivity contribution < 1.29 is 15.0 Å². The van der Waals surface area contributed by atoms with Gasteiger partial charge >= 0.3 is 5.97 Å². The molecule has 5 nitrogen and oxygen atoms in total. The molecule has 1 heterocycles. The third-order valence-electron chi connectivity index (χ3n) is 2.75. The van der Waals surface area contributed by atoms with Crippen molar-refractivity contribution in [2.75, 3.05) is 6.61 Å². The van der Waals surface area contributed by atoms with Gasteiger partial charge in [0.1, 0.15) is 5.69 Å². The van der Waals surface area contributed by atoms with Crippen molar-refractivity contribution in [1.82, 2.24) is 4.57 Å². The fraction of sp³-hybridized carbons (Fsp3) is 0.500. The number of carboxylic acids is 1. The molecule has 0 fully saturated rings. The highest BCUT2D eigenvalue weighted by molar-refractivity contribution is 5.88. The molecule has 1 aromatic heterocycles. The highest BCUT2D eigenvalue weighted by Crippen LogP contribution is 2.24. The first kappa shape index (κ1) is 11.7. The van der Waals surface area contributed by atoms with Crippen molar-refractivity contribution in [3.05, 3.63) is 22.5 Å². The summed E-state index contributed by atoms with van der Waals surface area (Å²) in [7, 11) is 1.65. The van der Waals surface area contributed by atoms with Crippen LogP contribution in [-0.4, -0.2) is 27.4 Å². The summed E-state index contributed by atoms with van der Waals surface area (Å²) in [5.74, 6) is -0.977. The number of nitrogens with zero attached hydrogens (tertiary/aromatic N) is 1. The first-order valence-electron chi connectivity index (χ1n) is 4.67. The molecule has 0 amide bonds. The van der Waals surface area contributed by atoms with E-state index in [0.29, 0.717) is 11.3 Å². The van der Waals surface area contributed by atoms with Crippen LogP contribution in [0, 0.1) is 13.8 Å². The van der Waals surface area contributed by atoms with Gasteiger partial charge in [-0.3, -0.25) is 0 Å². The van der Waals surface area contributed by atoms with E-state index in [2.05, 4.69) is 0 Å². The number of nitrogens with two attached hydrogens (primary N) is 1. The minimum atomic E-state index is -0.977. The Morgan fingerprint density at radius 1 is 1.47 bits per heavy atom. The van der Waals surface area contributed by atoms with Gasteiger partial charge < -0.3 is 20.5 Å². The first-order chi connectivity index (χ1) is 6.91. The maximum atomic E-state index is 11.0. The number of aromatic carboxylic acids is 1. The zero-order valence-corrected chi connectivity index (χ0v) is 9.11. The van der Waals surface area contributed by atoms with Gasteiger partial charge in [-0.1, -0.05) is 0 Å². The van der Waals surface area contributed by atoms with Crippen LogP contribution in [0.5, 0.6) is 0 Å². The van der Waals surface area contributed by atoms with E-state index >= 15 is 0 Å². The Morgan fingerprint density at radius 3 is 2.33 bits per heavy atom. The topological polar surface area (TPSA) is 88.5 Å². The monoisotopic (exact) mass is 212 g/mol. The Hall–Kier alpha value is -1.33. The molecule has 15 heavy (non-hydrogen) atoms. The summed E-state index contributed by atoms with van der Waals surface area (Å²) in [6.45, 7) is 3.36. The minimum Gasteiger partial charge on any atom is -0.477 e. The van der Waals surface area contributed by atoms with E-state index in [9.17, 15) is 4.79 Å². The molecule has 4 N–H and O–H groups in total. The summed E-state index contributed by atoms with van der Waals surface area (Å²) in [5.41, 5.74) is 8.14. The summed E-state index contributed by atoms with van der Waals surface area (Å²) in [5, 5.41) is 18.0. The van der Waals surface area contributed by atoms with Gasteiger partial charge in [-0.2, -0.15) is 0 Å². The van der Waals surface area contributed by atoms with Gasteiger partial charge in [0, 0.05) is 12.7 Å².